The standard InChI is InChI=1S/C11H14N2O2/c14-13(15)11-4-2-1-3-10(11)9-5-7-12-8-6-9/h1-4,9,12H,5-8H2. The molecule has 1 aromatic carbocycles. The lowest BCUT2D eigenvalue weighted by Gasteiger charge is -2.22. The molecule has 1 saturated heterocycles. The Morgan fingerprint density at radius 2 is 1.93 bits per heavy atom. The van der Waals surface area contributed by atoms with E-state index in [2.05, 4.69) is 5.32 Å². The summed E-state index contributed by atoms with van der Waals surface area (Å²) in [7, 11) is 0. The third-order valence-corrected chi connectivity index (χ3v) is 2.91. The highest BCUT2D eigenvalue weighted by molar-refractivity contribution is 5.42. The predicted molar refractivity (Wildman–Crippen MR) is 57.9 cm³/mol. The summed E-state index contributed by atoms with van der Waals surface area (Å²) >= 11 is 0. The van der Waals surface area contributed by atoms with Crippen molar-refractivity contribution in [1.29, 1.82) is 0 Å². The number of benzene rings is 1. The Morgan fingerprint density at radius 1 is 1.27 bits per heavy atom. The van der Waals surface area contributed by atoms with Gasteiger partial charge in [-0.25, -0.2) is 0 Å². The first-order valence-corrected chi connectivity index (χ1v) is 5.23. The molecule has 0 amide bonds. The van der Waals surface area contributed by atoms with Crippen molar-refractivity contribution in [2.45, 2.75) is 18.8 Å². The van der Waals surface area contributed by atoms with E-state index in [0.29, 0.717) is 5.92 Å². The van der Waals surface area contributed by atoms with Gasteiger partial charge in [-0.3, -0.25) is 10.1 Å². The van der Waals surface area contributed by atoms with E-state index in [9.17, 15) is 10.1 Å². The first-order valence-electron chi connectivity index (χ1n) is 5.23. The highest BCUT2D eigenvalue weighted by Crippen LogP contribution is 2.31. The van der Waals surface area contributed by atoms with Crippen LogP contribution in [-0.2, 0) is 0 Å². The summed E-state index contributed by atoms with van der Waals surface area (Å²) in [5, 5.41) is 14.1. The van der Waals surface area contributed by atoms with Crippen LogP contribution in [-0.4, -0.2) is 18.0 Å². The van der Waals surface area contributed by atoms with E-state index in [4.69, 9.17) is 0 Å². The Balaban J connectivity index is 2.29. The molecule has 4 heteroatoms. The molecule has 1 heterocycles. The number of nitro benzene ring substituents is 1. The summed E-state index contributed by atoms with van der Waals surface area (Å²) in [5.74, 6) is 0.341. The first-order chi connectivity index (χ1) is 7.29. The topological polar surface area (TPSA) is 55.2 Å². The second-order valence-electron chi connectivity index (χ2n) is 3.84. The fourth-order valence-corrected chi connectivity index (χ4v) is 2.13. The van der Waals surface area contributed by atoms with Gasteiger partial charge in [-0.1, -0.05) is 18.2 Å². The molecule has 0 unspecified atom stereocenters. The van der Waals surface area contributed by atoms with Gasteiger partial charge < -0.3 is 5.32 Å². The molecule has 0 radical (unpaired) electrons. The monoisotopic (exact) mass is 206 g/mol. The minimum absolute atomic E-state index is 0.268. The second kappa shape index (κ2) is 4.40. The van der Waals surface area contributed by atoms with Gasteiger partial charge in [0.25, 0.3) is 5.69 Å². The van der Waals surface area contributed by atoms with E-state index in [0.717, 1.165) is 31.5 Å². The molecule has 0 aliphatic carbocycles. The molecule has 0 aromatic heterocycles. The molecule has 15 heavy (non-hydrogen) atoms. The zero-order chi connectivity index (χ0) is 10.7. The van der Waals surface area contributed by atoms with Gasteiger partial charge in [0.2, 0.25) is 0 Å². The first kappa shape index (κ1) is 10.1. The van der Waals surface area contributed by atoms with Crippen LogP contribution in [0.3, 0.4) is 0 Å². The van der Waals surface area contributed by atoms with Crippen LogP contribution >= 0.6 is 0 Å². The van der Waals surface area contributed by atoms with Crippen molar-refractivity contribution < 1.29 is 4.92 Å². The summed E-state index contributed by atoms with van der Waals surface area (Å²) < 4.78 is 0. The third-order valence-electron chi connectivity index (χ3n) is 2.91. The molecule has 1 fully saturated rings. The van der Waals surface area contributed by atoms with Crippen molar-refractivity contribution in [2.24, 2.45) is 0 Å². The molecule has 0 saturated carbocycles. The van der Waals surface area contributed by atoms with E-state index in [-0.39, 0.29) is 10.6 Å². The molecular formula is C11H14N2O2. The molecule has 2 rings (SSSR count). The summed E-state index contributed by atoms with van der Waals surface area (Å²) in [6.07, 6.45) is 1.98. The molecule has 0 atom stereocenters. The van der Waals surface area contributed by atoms with Gasteiger partial charge in [0.15, 0.2) is 0 Å². The molecule has 1 N–H and O–H groups in total. The fraction of sp³-hybridized carbons (Fsp3) is 0.455. The average molecular weight is 206 g/mol. The Kier molecular flexibility index (Phi) is 2.97. The summed E-state index contributed by atoms with van der Waals surface area (Å²) in [6.45, 7) is 1.91. The van der Waals surface area contributed by atoms with Gasteiger partial charge in [0.1, 0.15) is 0 Å². The maximum absolute atomic E-state index is 10.9. The molecule has 80 valence electrons. The number of nitro groups is 1. The van der Waals surface area contributed by atoms with Crippen LogP contribution in [0.15, 0.2) is 24.3 Å². The van der Waals surface area contributed by atoms with Gasteiger partial charge in [-0.15, -0.1) is 0 Å². The highest BCUT2D eigenvalue weighted by atomic mass is 16.6. The van der Waals surface area contributed by atoms with Crippen LogP contribution < -0.4 is 5.32 Å². The quantitative estimate of drug-likeness (QED) is 0.595. The summed E-state index contributed by atoms with van der Waals surface area (Å²) in [4.78, 5) is 10.6. The van der Waals surface area contributed by atoms with Gasteiger partial charge in [0, 0.05) is 11.6 Å². The highest BCUT2D eigenvalue weighted by Gasteiger charge is 2.22. The van der Waals surface area contributed by atoms with E-state index >= 15 is 0 Å². The number of rotatable bonds is 2. The maximum Gasteiger partial charge on any atom is 0.272 e. The lowest BCUT2D eigenvalue weighted by molar-refractivity contribution is -0.385. The van der Waals surface area contributed by atoms with Crippen molar-refractivity contribution in [1.82, 2.24) is 5.32 Å². The Labute approximate surface area is 88.5 Å². The minimum atomic E-state index is -0.280. The zero-order valence-corrected chi connectivity index (χ0v) is 8.48. The SMILES string of the molecule is O=[N+]([O-])c1ccccc1C1CCNCC1. The number of para-hydroxylation sites is 1. The van der Waals surface area contributed by atoms with Crippen LogP contribution in [0, 0.1) is 10.1 Å². The fourth-order valence-electron chi connectivity index (χ4n) is 2.13. The Morgan fingerprint density at radius 3 is 2.60 bits per heavy atom. The van der Waals surface area contributed by atoms with E-state index in [1.54, 1.807) is 12.1 Å². The Bertz CT molecular complexity index is 359. The molecule has 1 aromatic rings. The molecule has 1 aliphatic rings. The van der Waals surface area contributed by atoms with Crippen LogP contribution in [0.1, 0.15) is 24.3 Å². The number of hydrogen-bond donors (Lipinski definition) is 1. The van der Waals surface area contributed by atoms with Crippen molar-refractivity contribution in [2.75, 3.05) is 13.1 Å². The van der Waals surface area contributed by atoms with E-state index in [1.165, 1.54) is 0 Å². The molecule has 0 spiro atoms. The van der Waals surface area contributed by atoms with Gasteiger partial charge in [-0.2, -0.15) is 0 Å². The average Bonchev–Trinajstić information content (AvgIpc) is 2.30. The minimum Gasteiger partial charge on any atom is -0.317 e. The number of hydrogen-bond acceptors (Lipinski definition) is 3. The van der Waals surface area contributed by atoms with Crippen molar-refractivity contribution in [3.8, 4) is 0 Å². The number of nitrogens with one attached hydrogen (secondary N) is 1. The number of nitrogens with zero attached hydrogens (tertiary/aromatic N) is 1. The molecule has 4 nitrogen and oxygen atoms in total. The predicted octanol–water partition coefficient (Wildman–Crippen LogP) is 2.06. The van der Waals surface area contributed by atoms with Crippen LogP contribution in [0.25, 0.3) is 0 Å². The van der Waals surface area contributed by atoms with Crippen molar-refractivity contribution in [3.05, 3.63) is 39.9 Å². The Hall–Kier alpha value is -1.42. The second-order valence-corrected chi connectivity index (χ2v) is 3.84. The largest absolute Gasteiger partial charge is 0.317 e. The smallest absolute Gasteiger partial charge is 0.272 e. The van der Waals surface area contributed by atoms with Gasteiger partial charge in [0.05, 0.1) is 4.92 Å². The van der Waals surface area contributed by atoms with Crippen molar-refractivity contribution in [3.63, 3.8) is 0 Å². The summed E-state index contributed by atoms with van der Waals surface area (Å²) in [6, 6.07) is 7.08. The van der Waals surface area contributed by atoms with Crippen LogP contribution in [0.2, 0.25) is 0 Å². The van der Waals surface area contributed by atoms with Crippen molar-refractivity contribution >= 4 is 5.69 Å². The lowest BCUT2D eigenvalue weighted by Crippen LogP contribution is -2.26. The lowest BCUT2D eigenvalue weighted by atomic mass is 9.89. The van der Waals surface area contributed by atoms with Gasteiger partial charge in [-0.05, 0) is 31.8 Å². The van der Waals surface area contributed by atoms with Gasteiger partial charge >= 0.3 is 0 Å². The van der Waals surface area contributed by atoms with Crippen LogP contribution in [0.5, 0.6) is 0 Å². The van der Waals surface area contributed by atoms with E-state index in [1.807, 2.05) is 12.1 Å². The molecule has 0 bridgehead atoms. The third kappa shape index (κ3) is 2.15. The molecular weight excluding hydrogens is 192 g/mol. The summed E-state index contributed by atoms with van der Waals surface area (Å²) in [5.41, 5.74) is 1.16. The van der Waals surface area contributed by atoms with E-state index < -0.39 is 0 Å². The normalized spacial score (nSPS) is 17.6. The van der Waals surface area contributed by atoms with Crippen LogP contribution in [0.4, 0.5) is 5.69 Å². The molecule has 1 aliphatic heterocycles. The maximum atomic E-state index is 10.9. The number of piperidine rings is 1. The zero-order valence-electron chi connectivity index (χ0n) is 8.48.